The Kier molecular flexibility index (Phi) is 3.87. The molecule has 0 saturated carbocycles. The molecule has 2 aromatic carbocycles. The Hall–Kier alpha value is -2.34. The Balaban J connectivity index is 2.21. The first kappa shape index (κ1) is 16.5. The van der Waals surface area contributed by atoms with Crippen LogP contribution in [0, 0.1) is 13.8 Å². The van der Waals surface area contributed by atoms with Crippen molar-refractivity contribution in [3.8, 4) is 0 Å². The highest BCUT2D eigenvalue weighted by Gasteiger charge is 2.37. The lowest BCUT2D eigenvalue weighted by molar-refractivity contribution is 0.0696. The van der Waals surface area contributed by atoms with Gasteiger partial charge < -0.3 is 5.11 Å². The number of carbonyl (C=O) groups is 1. The van der Waals surface area contributed by atoms with Crippen molar-refractivity contribution in [3.05, 3.63) is 58.7 Å². The molecule has 0 spiro atoms. The molecule has 1 atom stereocenters. The lowest BCUT2D eigenvalue weighted by Crippen LogP contribution is -2.36. The van der Waals surface area contributed by atoms with Crippen LogP contribution in [-0.2, 0) is 16.4 Å². The molecule has 0 bridgehead atoms. The second-order valence-corrected chi connectivity index (χ2v) is 7.99. The summed E-state index contributed by atoms with van der Waals surface area (Å²) >= 11 is 0. The van der Waals surface area contributed by atoms with E-state index in [1.807, 2.05) is 25.1 Å². The number of carboxylic acid groups (broad SMARTS) is 1. The Morgan fingerprint density at radius 1 is 1.21 bits per heavy atom. The Morgan fingerprint density at radius 2 is 1.88 bits per heavy atom. The first-order chi connectivity index (χ1) is 11.2. The number of fused-ring (bicyclic) bond motifs is 1. The number of carboxylic acids is 1. The van der Waals surface area contributed by atoms with Crippen LogP contribution < -0.4 is 4.31 Å². The largest absolute Gasteiger partial charge is 0.478 e. The first-order valence-electron chi connectivity index (χ1n) is 7.70. The van der Waals surface area contributed by atoms with E-state index >= 15 is 0 Å². The summed E-state index contributed by atoms with van der Waals surface area (Å²) in [5, 5.41) is 9.26. The number of benzene rings is 2. The van der Waals surface area contributed by atoms with E-state index in [0.29, 0.717) is 23.2 Å². The minimum atomic E-state index is -3.84. The molecule has 0 amide bonds. The van der Waals surface area contributed by atoms with Crippen LogP contribution in [0.1, 0.15) is 34.0 Å². The van der Waals surface area contributed by atoms with Gasteiger partial charge in [-0.1, -0.05) is 18.2 Å². The molecule has 3 rings (SSSR count). The van der Waals surface area contributed by atoms with E-state index in [1.54, 1.807) is 19.9 Å². The average molecular weight is 345 g/mol. The highest BCUT2D eigenvalue weighted by molar-refractivity contribution is 7.93. The monoisotopic (exact) mass is 345 g/mol. The van der Waals surface area contributed by atoms with Gasteiger partial charge in [0.25, 0.3) is 10.0 Å². The third-order valence-electron chi connectivity index (χ3n) is 4.55. The normalized spacial score (nSPS) is 17.0. The summed E-state index contributed by atoms with van der Waals surface area (Å²) < 4.78 is 28.0. The van der Waals surface area contributed by atoms with E-state index in [9.17, 15) is 18.3 Å². The van der Waals surface area contributed by atoms with E-state index in [0.717, 1.165) is 5.56 Å². The summed E-state index contributed by atoms with van der Waals surface area (Å²) in [6, 6.07) is 9.96. The predicted molar refractivity (Wildman–Crippen MR) is 92.1 cm³/mol. The Labute approximate surface area is 141 Å². The van der Waals surface area contributed by atoms with Crippen LogP contribution in [0.4, 0.5) is 5.69 Å². The summed E-state index contributed by atoms with van der Waals surface area (Å²) in [5.41, 5.74) is 2.86. The van der Waals surface area contributed by atoms with Crippen molar-refractivity contribution < 1.29 is 18.3 Å². The number of hydrogen-bond acceptors (Lipinski definition) is 3. The maximum absolute atomic E-state index is 13.3. The molecule has 0 saturated heterocycles. The van der Waals surface area contributed by atoms with Crippen LogP contribution in [0.2, 0.25) is 0 Å². The second kappa shape index (κ2) is 5.63. The number of anilines is 1. The molecule has 1 aliphatic rings. The fourth-order valence-electron chi connectivity index (χ4n) is 3.23. The van der Waals surface area contributed by atoms with Gasteiger partial charge in [-0.15, -0.1) is 0 Å². The Bertz CT molecular complexity index is 934. The molecule has 24 heavy (non-hydrogen) atoms. The SMILES string of the molecule is Cc1cc(C(=O)O)cc(S(=O)(=O)N2c3ccccc3CC2C)c1C. The Morgan fingerprint density at radius 3 is 2.54 bits per heavy atom. The maximum Gasteiger partial charge on any atom is 0.335 e. The van der Waals surface area contributed by atoms with Crippen molar-refractivity contribution >= 4 is 21.7 Å². The van der Waals surface area contributed by atoms with Gasteiger partial charge >= 0.3 is 5.97 Å². The van der Waals surface area contributed by atoms with E-state index in [-0.39, 0.29) is 16.5 Å². The molecule has 0 aliphatic carbocycles. The fourth-order valence-corrected chi connectivity index (χ4v) is 5.25. The molecule has 1 aliphatic heterocycles. The van der Waals surface area contributed by atoms with Crippen LogP contribution in [0.3, 0.4) is 0 Å². The number of aromatic carboxylic acids is 1. The molecule has 1 heterocycles. The van der Waals surface area contributed by atoms with Crippen LogP contribution in [0.15, 0.2) is 41.3 Å². The standard InChI is InChI=1S/C18H19NO4S/c1-11-8-15(18(20)21)10-17(13(11)3)24(22,23)19-12(2)9-14-6-4-5-7-16(14)19/h4-8,10,12H,9H2,1-3H3,(H,20,21). The number of para-hydroxylation sites is 1. The van der Waals surface area contributed by atoms with Crippen LogP contribution in [0.25, 0.3) is 0 Å². The molecule has 126 valence electrons. The summed E-state index contributed by atoms with van der Waals surface area (Å²) in [4.78, 5) is 11.4. The minimum Gasteiger partial charge on any atom is -0.478 e. The van der Waals surface area contributed by atoms with Gasteiger partial charge in [-0.05, 0) is 62.1 Å². The van der Waals surface area contributed by atoms with Gasteiger partial charge in [-0.25, -0.2) is 13.2 Å². The zero-order valence-electron chi connectivity index (χ0n) is 13.8. The van der Waals surface area contributed by atoms with Gasteiger partial charge in [-0.2, -0.15) is 0 Å². The molecule has 2 aromatic rings. The lowest BCUT2D eigenvalue weighted by atomic mass is 10.1. The van der Waals surface area contributed by atoms with Gasteiger partial charge in [0.05, 0.1) is 16.1 Å². The zero-order valence-corrected chi connectivity index (χ0v) is 14.6. The van der Waals surface area contributed by atoms with E-state index < -0.39 is 16.0 Å². The molecular weight excluding hydrogens is 326 g/mol. The summed E-state index contributed by atoms with van der Waals surface area (Å²) in [5.74, 6) is -1.13. The van der Waals surface area contributed by atoms with Gasteiger partial charge in [0.1, 0.15) is 0 Å². The summed E-state index contributed by atoms with van der Waals surface area (Å²) in [6.45, 7) is 5.30. The topological polar surface area (TPSA) is 74.7 Å². The maximum atomic E-state index is 13.3. The second-order valence-electron chi connectivity index (χ2n) is 6.20. The third-order valence-corrected chi connectivity index (χ3v) is 6.60. The van der Waals surface area contributed by atoms with Gasteiger partial charge in [0, 0.05) is 6.04 Å². The summed E-state index contributed by atoms with van der Waals surface area (Å²) in [7, 11) is -3.84. The average Bonchev–Trinajstić information content (AvgIpc) is 2.85. The van der Waals surface area contributed by atoms with Crippen molar-refractivity contribution in [2.24, 2.45) is 0 Å². The van der Waals surface area contributed by atoms with Crippen molar-refractivity contribution in [2.45, 2.75) is 38.1 Å². The lowest BCUT2D eigenvalue weighted by Gasteiger charge is -2.26. The molecule has 1 unspecified atom stereocenters. The van der Waals surface area contributed by atoms with Crippen molar-refractivity contribution in [1.82, 2.24) is 0 Å². The number of hydrogen-bond donors (Lipinski definition) is 1. The molecule has 0 fully saturated rings. The molecular formula is C18H19NO4S. The highest BCUT2D eigenvalue weighted by Crippen LogP contribution is 2.37. The highest BCUT2D eigenvalue weighted by atomic mass is 32.2. The molecule has 6 heteroatoms. The van der Waals surface area contributed by atoms with Crippen LogP contribution >= 0.6 is 0 Å². The van der Waals surface area contributed by atoms with E-state index in [4.69, 9.17) is 0 Å². The number of aryl methyl sites for hydroxylation is 1. The van der Waals surface area contributed by atoms with E-state index in [1.165, 1.54) is 16.4 Å². The third kappa shape index (κ3) is 2.47. The molecule has 0 radical (unpaired) electrons. The quantitative estimate of drug-likeness (QED) is 0.927. The minimum absolute atomic E-state index is 0.0168. The summed E-state index contributed by atoms with van der Waals surface area (Å²) in [6.07, 6.45) is 0.645. The number of nitrogens with zero attached hydrogens (tertiary/aromatic N) is 1. The first-order valence-corrected chi connectivity index (χ1v) is 9.14. The van der Waals surface area contributed by atoms with Crippen LogP contribution in [0.5, 0.6) is 0 Å². The smallest absolute Gasteiger partial charge is 0.335 e. The van der Waals surface area contributed by atoms with E-state index in [2.05, 4.69) is 0 Å². The molecule has 0 aromatic heterocycles. The van der Waals surface area contributed by atoms with Gasteiger partial charge in [-0.3, -0.25) is 4.31 Å². The van der Waals surface area contributed by atoms with Crippen LogP contribution in [-0.4, -0.2) is 25.5 Å². The number of rotatable bonds is 3. The number of sulfonamides is 1. The van der Waals surface area contributed by atoms with Gasteiger partial charge in [0.2, 0.25) is 0 Å². The predicted octanol–water partition coefficient (Wildman–Crippen LogP) is 3.14. The van der Waals surface area contributed by atoms with Crippen molar-refractivity contribution in [3.63, 3.8) is 0 Å². The zero-order chi connectivity index (χ0) is 17.6. The molecule has 5 nitrogen and oxygen atoms in total. The molecule has 1 N–H and O–H groups in total. The van der Waals surface area contributed by atoms with Gasteiger partial charge in [0.15, 0.2) is 0 Å². The van der Waals surface area contributed by atoms with Crippen molar-refractivity contribution in [1.29, 1.82) is 0 Å². The fraction of sp³-hybridized carbons (Fsp3) is 0.278. The van der Waals surface area contributed by atoms with Crippen molar-refractivity contribution in [2.75, 3.05) is 4.31 Å².